The molecular weight excluding hydrogens is 506 g/mol. The number of nitrogens with zero attached hydrogens (tertiary/aromatic N) is 5. The average molecular weight is 532 g/mol. The van der Waals surface area contributed by atoms with E-state index in [1.807, 2.05) is 114 Å². The summed E-state index contributed by atoms with van der Waals surface area (Å²) in [6.45, 7) is 2.72. The molecule has 0 N–H and O–H groups in total. The molecule has 0 unspecified atom stereocenters. The van der Waals surface area contributed by atoms with Gasteiger partial charge in [-0.1, -0.05) is 85.0 Å². The third-order valence-electron chi connectivity index (χ3n) is 6.05. The lowest BCUT2D eigenvalue weighted by molar-refractivity contribution is 0.317. The molecule has 39 heavy (non-hydrogen) atoms. The molecule has 0 amide bonds. The van der Waals surface area contributed by atoms with Crippen molar-refractivity contribution in [3.63, 3.8) is 0 Å². The summed E-state index contributed by atoms with van der Waals surface area (Å²) in [5, 5.41) is 9.31. The summed E-state index contributed by atoms with van der Waals surface area (Å²) in [6, 6.07) is 27.7. The third kappa shape index (κ3) is 5.28. The second kappa shape index (κ2) is 10.9. The van der Waals surface area contributed by atoms with Gasteiger partial charge in [-0.3, -0.25) is 4.79 Å². The number of benzene rings is 3. The molecule has 0 bridgehead atoms. The predicted octanol–water partition coefficient (Wildman–Crippen LogP) is 5.51. The summed E-state index contributed by atoms with van der Waals surface area (Å²) in [6.07, 6.45) is 8.47. The molecule has 0 aliphatic heterocycles. The van der Waals surface area contributed by atoms with E-state index in [4.69, 9.17) is 9.84 Å². The Morgan fingerprint density at radius 3 is 2.49 bits per heavy atom. The number of fused-ring (bicyclic) bond motifs is 1. The molecule has 0 fully saturated rings. The van der Waals surface area contributed by atoms with E-state index >= 15 is 0 Å². The fraction of sp³-hybridized carbons (Fsp3) is 0.0968. The van der Waals surface area contributed by atoms with E-state index in [0.717, 1.165) is 40.2 Å². The highest BCUT2D eigenvalue weighted by atomic mass is 32.1. The van der Waals surface area contributed by atoms with Crippen LogP contribution in [-0.2, 0) is 0 Å². The molecule has 192 valence electrons. The largest absolute Gasteiger partial charge is 0.494 e. The number of ether oxygens (including phenoxy) is 1. The van der Waals surface area contributed by atoms with Crippen LogP contribution < -0.4 is 14.8 Å². The normalized spacial score (nSPS) is 12.1. The summed E-state index contributed by atoms with van der Waals surface area (Å²) >= 11 is 1.31. The number of thiazole rings is 1. The molecule has 0 radical (unpaired) electrons. The highest BCUT2D eigenvalue weighted by Gasteiger charge is 2.14. The first-order valence-corrected chi connectivity index (χ1v) is 13.5. The fourth-order valence-corrected chi connectivity index (χ4v) is 5.08. The molecule has 3 aromatic carbocycles. The Balaban J connectivity index is 1.41. The van der Waals surface area contributed by atoms with E-state index in [2.05, 4.69) is 17.0 Å². The molecule has 3 heterocycles. The van der Waals surface area contributed by atoms with E-state index in [1.54, 1.807) is 0 Å². The maximum atomic E-state index is 13.3. The van der Waals surface area contributed by atoms with Crippen LogP contribution in [0.2, 0.25) is 0 Å². The van der Waals surface area contributed by atoms with Crippen LogP contribution in [0, 0.1) is 0 Å². The van der Waals surface area contributed by atoms with Crippen molar-refractivity contribution in [1.82, 2.24) is 24.4 Å². The number of hydrogen-bond donors (Lipinski definition) is 0. The Hall–Kier alpha value is -4.82. The summed E-state index contributed by atoms with van der Waals surface area (Å²) < 4.78 is 9.59. The maximum Gasteiger partial charge on any atom is 0.291 e. The molecule has 7 nitrogen and oxygen atoms in total. The summed E-state index contributed by atoms with van der Waals surface area (Å²) in [7, 11) is 0. The van der Waals surface area contributed by atoms with E-state index in [0.29, 0.717) is 21.9 Å². The highest BCUT2D eigenvalue weighted by Crippen LogP contribution is 2.27. The minimum Gasteiger partial charge on any atom is -0.494 e. The van der Waals surface area contributed by atoms with Gasteiger partial charge in [-0.25, -0.2) is 4.68 Å². The molecule has 8 heteroatoms. The van der Waals surface area contributed by atoms with Gasteiger partial charge < -0.3 is 4.74 Å². The predicted molar refractivity (Wildman–Crippen MR) is 156 cm³/mol. The summed E-state index contributed by atoms with van der Waals surface area (Å²) in [5.74, 6) is 1.28. The second-order valence-electron chi connectivity index (χ2n) is 8.91. The van der Waals surface area contributed by atoms with Crippen molar-refractivity contribution >= 4 is 34.5 Å². The Bertz CT molecular complexity index is 1870. The topological polar surface area (TPSA) is 74.3 Å². The standard InChI is InChI=1S/C31H25N5O2S/c1-2-18-38-26-15-9-12-23(19-26)29-24(21-35(34-29)25-13-7-4-8-14-25)20-27-30(37)36-31(39-27)32-28(33-36)17-16-22-10-5-3-6-11-22/h3-17,19-21H,2,18H2,1H3/b17-16+,27-20-. The van der Waals surface area contributed by atoms with Gasteiger partial charge in [0.25, 0.3) is 5.56 Å². The van der Waals surface area contributed by atoms with Crippen LogP contribution in [0.1, 0.15) is 30.3 Å². The number of rotatable bonds is 8. The number of hydrogen-bond acceptors (Lipinski definition) is 6. The lowest BCUT2D eigenvalue weighted by Crippen LogP contribution is -2.23. The lowest BCUT2D eigenvalue weighted by Gasteiger charge is -2.06. The Labute approximate surface area is 229 Å². The molecule has 0 aliphatic rings. The molecule has 6 aromatic rings. The Kier molecular flexibility index (Phi) is 6.84. The van der Waals surface area contributed by atoms with Crippen molar-refractivity contribution in [3.8, 4) is 22.7 Å². The first-order chi connectivity index (χ1) is 19.2. The number of aromatic nitrogens is 5. The van der Waals surface area contributed by atoms with Gasteiger partial charge in [-0.05, 0) is 48.4 Å². The first-order valence-electron chi connectivity index (χ1n) is 12.7. The van der Waals surface area contributed by atoms with Gasteiger partial charge >= 0.3 is 0 Å². The minimum atomic E-state index is -0.208. The monoisotopic (exact) mass is 531 g/mol. The van der Waals surface area contributed by atoms with Crippen molar-refractivity contribution in [1.29, 1.82) is 0 Å². The van der Waals surface area contributed by atoms with Crippen LogP contribution in [0.15, 0.2) is 95.9 Å². The van der Waals surface area contributed by atoms with Gasteiger partial charge in [0.15, 0.2) is 5.82 Å². The SMILES string of the molecule is CCCOc1cccc(-c2nn(-c3ccccc3)cc2/C=c2\sc3nc(/C=C/c4ccccc4)nn3c2=O)c1. The first kappa shape index (κ1) is 24.5. The van der Waals surface area contributed by atoms with E-state index < -0.39 is 0 Å². The van der Waals surface area contributed by atoms with Crippen LogP contribution >= 0.6 is 11.3 Å². The van der Waals surface area contributed by atoms with E-state index in [-0.39, 0.29) is 5.56 Å². The number of para-hydroxylation sites is 1. The highest BCUT2D eigenvalue weighted by molar-refractivity contribution is 7.15. The zero-order valence-electron chi connectivity index (χ0n) is 21.3. The zero-order valence-corrected chi connectivity index (χ0v) is 22.1. The molecule has 0 aliphatic carbocycles. The average Bonchev–Trinajstić information content (AvgIpc) is 3.67. The van der Waals surface area contributed by atoms with E-state index in [1.165, 1.54) is 15.9 Å². The van der Waals surface area contributed by atoms with Crippen molar-refractivity contribution in [2.45, 2.75) is 13.3 Å². The van der Waals surface area contributed by atoms with Crippen LogP contribution in [-0.4, -0.2) is 31.0 Å². The van der Waals surface area contributed by atoms with Crippen LogP contribution in [0.5, 0.6) is 5.75 Å². The van der Waals surface area contributed by atoms with Gasteiger partial charge in [0, 0.05) is 17.3 Å². The fourth-order valence-electron chi connectivity index (χ4n) is 4.18. The minimum absolute atomic E-state index is 0.208. The van der Waals surface area contributed by atoms with Gasteiger partial charge in [0.1, 0.15) is 11.4 Å². The van der Waals surface area contributed by atoms with Gasteiger partial charge in [-0.15, -0.1) is 5.10 Å². The smallest absolute Gasteiger partial charge is 0.291 e. The van der Waals surface area contributed by atoms with Crippen molar-refractivity contribution in [3.05, 3.63) is 123 Å². The molecule has 0 spiro atoms. The molecule has 0 saturated carbocycles. The van der Waals surface area contributed by atoms with Crippen LogP contribution in [0.4, 0.5) is 0 Å². The quantitative estimate of drug-likeness (QED) is 0.259. The molecule has 3 aromatic heterocycles. The lowest BCUT2D eigenvalue weighted by atomic mass is 10.1. The maximum absolute atomic E-state index is 13.3. The molecule has 6 rings (SSSR count). The van der Waals surface area contributed by atoms with Crippen molar-refractivity contribution < 1.29 is 4.74 Å². The molecule has 0 saturated heterocycles. The van der Waals surface area contributed by atoms with Crippen molar-refractivity contribution in [2.24, 2.45) is 0 Å². The second-order valence-corrected chi connectivity index (χ2v) is 9.92. The van der Waals surface area contributed by atoms with Gasteiger partial charge in [-0.2, -0.15) is 14.6 Å². The third-order valence-corrected chi connectivity index (χ3v) is 7.01. The Morgan fingerprint density at radius 1 is 0.923 bits per heavy atom. The molecule has 0 atom stereocenters. The van der Waals surface area contributed by atoms with Crippen molar-refractivity contribution in [2.75, 3.05) is 6.61 Å². The summed E-state index contributed by atoms with van der Waals surface area (Å²) in [4.78, 5) is 18.4. The van der Waals surface area contributed by atoms with Crippen LogP contribution in [0.3, 0.4) is 0 Å². The van der Waals surface area contributed by atoms with Crippen LogP contribution in [0.25, 0.3) is 40.1 Å². The zero-order chi connectivity index (χ0) is 26.6. The molecular formula is C31H25N5O2S. The Morgan fingerprint density at radius 2 is 1.72 bits per heavy atom. The van der Waals surface area contributed by atoms with E-state index in [9.17, 15) is 4.79 Å². The van der Waals surface area contributed by atoms with Gasteiger partial charge in [0.2, 0.25) is 4.96 Å². The van der Waals surface area contributed by atoms with Gasteiger partial charge in [0.05, 0.1) is 16.8 Å². The summed E-state index contributed by atoms with van der Waals surface area (Å²) in [5.41, 5.74) is 4.24.